The Labute approximate surface area is 142 Å². The van der Waals surface area contributed by atoms with Crippen LogP contribution in [0.25, 0.3) is 0 Å². The van der Waals surface area contributed by atoms with Gasteiger partial charge in [0.05, 0.1) is 5.25 Å². The van der Waals surface area contributed by atoms with Gasteiger partial charge in [0.2, 0.25) is 0 Å². The van der Waals surface area contributed by atoms with Crippen molar-refractivity contribution in [3.05, 3.63) is 29.3 Å². The topological polar surface area (TPSA) is 45.1 Å². The van der Waals surface area contributed by atoms with E-state index in [1.165, 1.54) is 17.8 Å². The first-order valence-corrected chi connectivity index (χ1v) is 7.56. The van der Waals surface area contributed by atoms with Crippen LogP contribution in [0.3, 0.4) is 0 Å². The molecule has 9 heteroatoms. The Hall–Kier alpha value is -1.12. The van der Waals surface area contributed by atoms with Crippen LogP contribution in [0.5, 0.6) is 5.75 Å². The Morgan fingerprint density at radius 2 is 2.17 bits per heavy atom. The van der Waals surface area contributed by atoms with Crippen LogP contribution < -0.4 is 4.74 Å². The van der Waals surface area contributed by atoms with Gasteiger partial charge in [0.15, 0.2) is 17.5 Å². The predicted octanol–water partition coefficient (Wildman–Crippen LogP) is 2.78. The second-order valence-electron chi connectivity index (χ2n) is 5.32. The van der Waals surface area contributed by atoms with Crippen molar-refractivity contribution in [1.29, 1.82) is 0 Å². The van der Waals surface area contributed by atoms with Crippen molar-refractivity contribution in [2.24, 2.45) is 4.99 Å². The molecule has 2 atom stereocenters. The highest BCUT2D eigenvalue weighted by Crippen LogP contribution is 2.51. The van der Waals surface area contributed by atoms with Crippen molar-refractivity contribution in [2.75, 3.05) is 20.7 Å². The average molecular weight is 369 g/mol. The molecule has 1 fully saturated rings. The molecule has 4 nitrogen and oxygen atoms in total. The molecule has 128 valence electrons. The number of thioether (sulfide) groups is 1. The van der Waals surface area contributed by atoms with E-state index in [0.717, 1.165) is 10.7 Å². The molecule has 1 saturated heterocycles. The first-order chi connectivity index (χ1) is 10.3. The maximum absolute atomic E-state index is 12.2. The number of rotatable bonds is 2. The van der Waals surface area contributed by atoms with E-state index in [9.17, 15) is 18.3 Å². The summed E-state index contributed by atoms with van der Waals surface area (Å²) >= 11 is 1.47. The Morgan fingerprint density at radius 1 is 1.48 bits per heavy atom. The minimum absolute atomic E-state index is 0. The second kappa shape index (κ2) is 6.07. The van der Waals surface area contributed by atoms with E-state index in [-0.39, 0.29) is 23.4 Å². The SMILES string of the molecule is CN=C1SC2Cc3cc(OCC(F)(F)F)ccc3C2(O)N1C.Cl. The third-order valence-corrected chi connectivity index (χ3v) is 5.41. The van der Waals surface area contributed by atoms with Gasteiger partial charge < -0.3 is 14.7 Å². The average Bonchev–Trinajstić information content (AvgIpc) is 2.86. The van der Waals surface area contributed by atoms with Gasteiger partial charge in [-0.25, -0.2) is 0 Å². The fraction of sp³-hybridized carbons (Fsp3) is 0.500. The largest absolute Gasteiger partial charge is 0.484 e. The number of hydrogen-bond acceptors (Lipinski definition) is 4. The van der Waals surface area contributed by atoms with Crippen molar-refractivity contribution in [2.45, 2.75) is 23.6 Å². The minimum atomic E-state index is -4.36. The maximum atomic E-state index is 12.2. The van der Waals surface area contributed by atoms with E-state index in [0.29, 0.717) is 12.0 Å². The monoisotopic (exact) mass is 368 g/mol. The van der Waals surface area contributed by atoms with Crippen LogP contribution in [0.2, 0.25) is 0 Å². The summed E-state index contributed by atoms with van der Waals surface area (Å²) < 4.78 is 41.4. The number of benzene rings is 1. The maximum Gasteiger partial charge on any atom is 0.422 e. The van der Waals surface area contributed by atoms with Crippen LogP contribution in [0.1, 0.15) is 11.1 Å². The van der Waals surface area contributed by atoms with Gasteiger partial charge in [0, 0.05) is 19.7 Å². The normalized spacial score (nSPS) is 27.7. The molecule has 3 rings (SSSR count). The molecule has 1 aliphatic carbocycles. The zero-order valence-electron chi connectivity index (χ0n) is 12.4. The van der Waals surface area contributed by atoms with Crippen molar-refractivity contribution in [1.82, 2.24) is 4.90 Å². The van der Waals surface area contributed by atoms with Crippen molar-refractivity contribution in [3.8, 4) is 5.75 Å². The molecule has 0 radical (unpaired) electrons. The Bertz CT molecular complexity index is 641. The van der Waals surface area contributed by atoms with Crippen molar-refractivity contribution in [3.63, 3.8) is 0 Å². The zero-order valence-corrected chi connectivity index (χ0v) is 14.1. The van der Waals surface area contributed by atoms with E-state index in [2.05, 4.69) is 4.99 Å². The Balaban J connectivity index is 0.00000192. The van der Waals surface area contributed by atoms with Gasteiger partial charge in [0.1, 0.15) is 5.75 Å². The number of hydrogen-bond donors (Lipinski definition) is 1. The van der Waals surface area contributed by atoms with Gasteiger partial charge in [-0.05, 0) is 24.1 Å². The van der Waals surface area contributed by atoms with E-state index >= 15 is 0 Å². The summed E-state index contributed by atoms with van der Waals surface area (Å²) in [6, 6.07) is 4.68. The van der Waals surface area contributed by atoms with Gasteiger partial charge in [-0.3, -0.25) is 4.99 Å². The number of aliphatic hydroxyl groups is 1. The molecule has 23 heavy (non-hydrogen) atoms. The van der Waals surface area contributed by atoms with Gasteiger partial charge in [-0.2, -0.15) is 13.2 Å². The number of halogens is 4. The first-order valence-electron chi connectivity index (χ1n) is 6.68. The molecule has 1 aromatic rings. The fourth-order valence-electron chi connectivity index (χ4n) is 2.94. The van der Waals surface area contributed by atoms with Crippen LogP contribution >= 0.6 is 24.2 Å². The summed E-state index contributed by atoms with van der Waals surface area (Å²) in [5.74, 6) is 0.164. The van der Waals surface area contributed by atoms with E-state index < -0.39 is 18.5 Å². The third kappa shape index (κ3) is 2.99. The smallest absolute Gasteiger partial charge is 0.422 e. The molecule has 1 heterocycles. The lowest BCUT2D eigenvalue weighted by Gasteiger charge is -2.31. The first kappa shape index (κ1) is 18.2. The zero-order chi connectivity index (χ0) is 16.1. The molecule has 0 aromatic heterocycles. The van der Waals surface area contributed by atoms with Crippen molar-refractivity contribution < 1.29 is 23.0 Å². The van der Waals surface area contributed by atoms with E-state index in [4.69, 9.17) is 4.74 Å². The van der Waals surface area contributed by atoms with Crippen LogP contribution in [0.15, 0.2) is 23.2 Å². The number of alkyl halides is 3. The molecule has 2 aliphatic rings. The lowest BCUT2D eigenvalue weighted by Crippen LogP contribution is -2.44. The van der Waals surface area contributed by atoms with Crippen LogP contribution in [0.4, 0.5) is 13.2 Å². The molecule has 0 amide bonds. The highest BCUT2D eigenvalue weighted by Gasteiger charge is 2.55. The number of amidine groups is 1. The van der Waals surface area contributed by atoms with Crippen LogP contribution in [0, 0.1) is 0 Å². The van der Waals surface area contributed by atoms with Crippen LogP contribution in [-0.2, 0) is 12.1 Å². The number of fused-ring (bicyclic) bond motifs is 3. The highest BCUT2D eigenvalue weighted by molar-refractivity contribution is 8.14. The molecule has 1 aliphatic heterocycles. The lowest BCUT2D eigenvalue weighted by atomic mass is 10.0. The molecule has 0 bridgehead atoms. The number of nitrogens with zero attached hydrogens (tertiary/aromatic N) is 2. The van der Waals surface area contributed by atoms with Gasteiger partial charge in [-0.1, -0.05) is 17.8 Å². The summed E-state index contributed by atoms with van der Waals surface area (Å²) in [7, 11) is 3.43. The molecule has 1 N–H and O–H groups in total. The second-order valence-corrected chi connectivity index (χ2v) is 6.49. The fourth-order valence-corrected chi connectivity index (χ4v) is 4.31. The van der Waals surface area contributed by atoms with Gasteiger partial charge in [-0.15, -0.1) is 12.4 Å². The van der Waals surface area contributed by atoms with Gasteiger partial charge >= 0.3 is 6.18 Å². The Morgan fingerprint density at radius 3 is 2.78 bits per heavy atom. The standard InChI is InChI=1S/C14H15F3N2O2S.ClH/c1-18-12-19(2)14(20)10-4-3-9(21-7-13(15,16)17)5-8(10)6-11(14)22-12;/h3-5,11,20H,6-7H2,1-2H3;1H. The summed E-state index contributed by atoms with van der Waals surface area (Å²) in [6.45, 7) is -1.32. The molecule has 0 spiro atoms. The third-order valence-electron chi connectivity index (χ3n) is 3.97. The quantitative estimate of drug-likeness (QED) is 0.872. The summed E-state index contributed by atoms with van der Waals surface area (Å²) in [4.78, 5) is 5.85. The molecular formula is C14H16ClF3N2O2S. The van der Waals surface area contributed by atoms with Crippen molar-refractivity contribution >= 4 is 29.3 Å². The summed E-state index contributed by atoms with van der Waals surface area (Å²) in [5.41, 5.74) is 0.337. The molecule has 2 unspecified atom stereocenters. The Kier molecular flexibility index (Phi) is 4.81. The number of aliphatic imine (C=N–C) groups is 1. The highest BCUT2D eigenvalue weighted by atomic mass is 35.5. The lowest BCUT2D eigenvalue weighted by molar-refractivity contribution is -0.153. The minimum Gasteiger partial charge on any atom is -0.484 e. The van der Waals surface area contributed by atoms with E-state index in [1.807, 2.05) is 0 Å². The molecule has 1 aromatic carbocycles. The van der Waals surface area contributed by atoms with Gasteiger partial charge in [0.25, 0.3) is 0 Å². The summed E-state index contributed by atoms with van der Waals surface area (Å²) in [5, 5.41) is 11.6. The number of ether oxygens (including phenoxy) is 1. The predicted molar refractivity (Wildman–Crippen MR) is 85.3 cm³/mol. The van der Waals surface area contributed by atoms with E-state index in [1.54, 1.807) is 31.1 Å². The molecule has 0 saturated carbocycles. The van der Waals surface area contributed by atoms with Crippen LogP contribution in [-0.4, -0.2) is 47.3 Å². The molecular weight excluding hydrogens is 353 g/mol. The summed E-state index contributed by atoms with van der Waals surface area (Å²) in [6.07, 6.45) is -3.81.